The van der Waals surface area contributed by atoms with Gasteiger partial charge in [-0.05, 0) is 60.7 Å². The molecule has 0 fully saturated rings. The number of sulfonamides is 1. The molecule has 0 bridgehead atoms. The molecule has 0 aliphatic rings. The maximum atomic E-state index is 12.6. The standard InChI is InChI=1S/C20H14BrN3O3S/c21-16-7-9-17(10-8-16)24-28(26,27)19-6-2-5-18(12-19)23-20(25)15-4-1-3-14(11-15)13-22/h1-12,24H,(H,23,25). The van der Waals surface area contributed by atoms with Crippen molar-refractivity contribution < 1.29 is 13.2 Å². The van der Waals surface area contributed by atoms with Crippen LogP contribution in [0, 0.1) is 11.3 Å². The summed E-state index contributed by atoms with van der Waals surface area (Å²) in [5.41, 5.74) is 1.42. The molecule has 0 saturated heterocycles. The van der Waals surface area contributed by atoms with Gasteiger partial charge >= 0.3 is 0 Å². The molecule has 3 aromatic carbocycles. The highest BCUT2D eigenvalue weighted by Crippen LogP contribution is 2.21. The van der Waals surface area contributed by atoms with Gasteiger partial charge in [-0.2, -0.15) is 5.26 Å². The van der Waals surface area contributed by atoms with Crippen LogP contribution in [0.2, 0.25) is 0 Å². The summed E-state index contributed by atoms with van der Waals surface area (Å²) in [6.07, 6.45) is 0. The zero-order valence-corrected chi connectivity index (χ0v) is 16.8. The van der Waals surface area contributed by atoms with Gasteiger partial charge in [0.2, 0.25) is 0 Å². The topological polar surface area (TPSA) is 99.1 Å². The molecule has 140 valence electrons. The highest BCUT2D eigenvalue weighted by Gasteiger charge is 2.15. The van der Waals surface area contributed by atoms with Crippen LogP contribution in [0.5, 0.6) is 0 Å². The second kappa shape index (κ2) is 8.25. The minimum atomic E-state index is -3.82. The van der Waals surface area contributed by atoms with Gasteiger partial charge in [0.1, 0.15) is 0 Å². The van der Waals surface area contributed by atoms with Crippen molar-refractivity contribution in [2.75, 3.05) is 10.0 Å². The Bertz CT molecular complexity index is 1170. The number of nitriles is 1. The Balaban J connectivity index is 1.80. The van der Waals surface area contributed by atoms with Crippen molar-refractivity contribution in [3.8, 4) is 6.07 Å². The molecule has 0 atom stereocenters. The van der Waals surface area contributed by atoms with Crippen LogP contribution in [-0.4, -0.2) is 14.3 Å². The lowest BCUT2D eigenvalue weighted by Crippen LogP contribution is -2.15. The Morgan fingerprint density at radius 2 is 1.64 bits per heavy atom. The Labute approximate surface area is 171 Å². The second-order valence-corrected chi connectivity index (χ2v) is 8.39. The zero-order valence-electron chi connectivity index (χ0n) is 14.4. The van der Waals surface area contributed by atoms with Crippen LogP contribution < -0.4 is 10.0 Å². The molecule has 6 nitrogen and oxygen atoms in total. The summed E-state index contributed by atoms with van der Waals surface area (Å²) < 4.78 is 28.5. The minimum absolute atomic E-state index is 0.0130. The molecular weight excluding hydrogens is 442 g/mol. The fourth-order valence-electron chi connectivity index (χ4n) is 2.41. The van der Waals surface area contributed by atoms with Crippen molar-refractivity contribution in [2.24, 2.45) is 0 Å². The third-order valence-corrected chi connectivity index (χ3v) is 5.66. The van der Waals surface area contributed by atoms with E-state index in [-0.39, 0.29) is 4.90 Å². The minimum Gasteiger partial charge on any atom is -0.322 e. The van der Waals surface area contributed by atoms with Gasteiger partial charge < -0.3 is 5.32 Å². The smallest absolute Gasteiger partial charge is 0.261 e. The number of carbonyl (C=O) groups is 1. The largest absolute Gasteiger partial charge is 0.322 e. The van der Waals surface area contributed by atoms with Crippen LogP contribution in [0.25, 0.3) is 0 Å². The molecule has 28 heavy (non-hydrogen) atoms. The van der Waals surface area contributed by atoms with Crippen molar-refractivity contribution in [2.45, 2.75) is 4.90 Å². The highest BCUT2D eigenvalue weighted by atomic mass is 79.9. The van der Waals surface area contributed by atoms with Crippen LogP contribution in [0.4, 0.5) is 11.4 Å². The van der Waals surface area contributed by atoms with Crippen LogP contribution >= 0.6 is 15.9 Å². The number of anilines is 2. The normalized spacial score (nSPS) is 10.7. The highest BCUT2D eigenvalue weighted by molar-refractivity contribution is 9.10. The van der Waals surface area contributed by atoms with Gasteiger partial charge in [0, 0.05) is 21.4 Å². The first-order chi connectivity index (χ1) is 13.4. The first-order valence-electron chi connectivity index (χ1n) is 8.07. The maximum absolute atomic E-state index is 12.6. The molecule has 0 radical (unpaired) electrons. The number of hydrogen-bond acceptors (Lipinski definition) is 4. The van der Waals surface area contributed by atoms with Crippen molar-refractivity contribution in [1.82, 2.24) is 0 Å². The Hall–Kier alpha value is -3.15. The second-order valence-electron chi connectivity index (χ2n) is 5.79. The monoisotopic (exact) mass is 455 g/mol. The van der Waals surface area contributed by atoms with Gasteiger partial charge in [0.25, 0.3) is 15.9 Å². The van der Waals surface area contributed by atoms with Gasteiger partial charge in [-0.25, -0.2) is 8.42 Å². The van der Waals surface area contributed by atoms with Gasteiger partial charge in [-0.15, -0.1) is 0 Å². The molecule has 0 aliphatic heterocycles. The van der Waals surface area contributed by atoms with Crippen LogP contribution in [0.1, 0.15) is 15.9 Å². The molecule has 8 heteroatoms. The van der Waals surface area contributed by atoms with Crippen molar-refractivity contribution in [3.05, 3.63) is 88.4 Å². The van der Waals surface area contributed by atoms with Crippen molar-refractivity contribution in [1.29, 1.82) is 5.26 Å². The van der Waals surface area contributed by atoms with Gasteiger partial charge in [-0.1, -0.05) is 28.1 Å². The van der Waals surface area contributed by atoms with E-state index in [2.05, 4.69) is 26.0 Å². The number of hydrogen-bond donors (Lipinski definition) is 2. The summed E-state index contributed by atoms with van der Waals surface area (Å²) in [6.45, 7) is 0. The van der Waals surface area contributed by atoms with E-state index >= 15 is 0 Å². The first-order valence-corrected chi connectivity index (χ1v) is 10.3. The number of carbonyl (C=O) groups excluding carboxylic acids is 1. The number of amides is 1. The predicted octanol–water partition coefficient (Wildman–Crippen LogP) is 4.37. The molecule has 0 aromatic heterocycles. The van der Waals surface area contributed by atoms with Crippen LogP contribution in [0.3, 0.4) is 0 Å². The van der Waals surface area contributed by atoms with Crippen LogP contribution in [-0.2, 0) is 10.0 Å². The van der Waals surface area contributed by atoms with E-state index in [4.69, 9.17) is 5.26 Å². The molecule has 0 spiro atoms. The van der Waals surface area contributed by atoms with Gasteiger partial charge in [-0.3, -0.25) is 9.52 Å². The predicted molar refractivity (Wildman–Crippen MR) is 111 cm³/mol. The Morgan fingerprint density at radius 1 is 0.929 bits per heavy atom. The fraction of sp³-hybridized carbons (Fsp3) is 0. The number of halogens is 1. The van der Waals surface area contributed by atoms with E-state index < -0.39 is 15.9 Å². The Morgan fingerprint density at radius 3 is 2.36 bits per heavy atom. The van der Waals surface area contributed by atoms with E-state index in [1.807, 2.05) is 6.07 Å². The molecule has 3 aromatic rings. The summed E-state index contributed by atoms with van der Waals surface area (Å²) in [5.74, 6) is -0.437. The van der Waals surface area contributed by atoms with E-state index in [0.717, 1.165) is 4.47 Å². The Kier molecular flexibility index (Phi) is 5.78. The summed E-state index contributed by atoms with van der Waals surface area (Å²) in [6, 6.07) is 20.9. The number of nitrogens with zero attached hydrogens (tertiary/aromatic N) is 1. The average Bonchev–Trinajstić information content (AvgIpc) is 2.70. The summed E-state index contributed by atoms with van der Waals surface area (Å²) in [4.78, 5) is 12.4. The van der Waals surface area contributed by atoms with Crippen molar-refractivity contribution in [3.63, 3.8) is 0 Å². The third-order valence-electron chi connectivity index (χ3n) is 3.75. The fourth-order valence-corrected chi connectivity index (χ4v) is 3.77. The molecule has 0 aliphatic carbocycles. The average molecular weight is 456 g/mol. The lowest BCUT2D eigenvalue weighted by Gasteiger charge is -2.10. The molecule has 2 N–H and O–H groups in total. The van der Waals surface area contributed by atoms with E-state index in [9.17, 15) is 13.2 Å². The maximum Gasteiger partial charge on any atom is 0.261 e. The number of nitrogens with one attached hydrogen (secondary N) is 2. The summed E-state index contributed by atoms with van der Waals surface area (Å²) in [7, 11) is -3.82. The molecule has 0 saturated carbocycles. The van der Waals surface area contributed by atoms with E-state index in [0.29, 0.717) is 22.5 Å². The summed E-state index contributed by atoms with van der Waals surface area (Å²) in [5, 5.41) is 11.6. The number of benzene rings is 3. The zero-order chi connectivity index (χ0) is 20.1. The van der Waals surface area contributed by atoms with Crippen LogP contribution in [0.15, 0.2) is 82.2 Å². The first kappa shape index (κ1) is 19.6. The number of rotatable bonds is 5. The van der Waals surface area contributed by atoms with E-state index in [1.165, 1.54) is 24.3 Å². The van der Waals surface area contributed by atoms with Crippen molar-refractivity contribution >= 4 is 43.2 Å². The quantitative estimate of drug-likeness (QED) is 0.596. The molecule has 0 unspecified atom stereocenters. The van der Waals surface area contributed by atoms with Gasteiger partial charge in [0.15, 0.2) is 0 Å². The summed E-state index contributed by atoms with van der Waals surface area (Å²) >= 11 is 3.30. The molecule has 3 rings (SSSR count). The lowest BCUT2D eigenvalue weighted by molar-refractivity contribution is 0.102. The van der Waals surface area contributed by atoms with Gasteiger partial charge in [0.05, 0.1) is 16.5 Å². The lowest BCUT2D eigenvalue weighted by atomic mass is 10.1. The molecular formula is C20H14BrN3O3S. The molecule has 0 heterocycles. The SMILES string of the molecule is N#Cc1cccc(C(=O)Nc2cccc(S(=O)(=O)Nc3ccc(Br)cc3)c2)c1. The van der Waals surface area contributed by atoms with E-state index in [1.54, 1.807) is 48.5 Å². The third kappa shape index (κ3) is 4.76. The molecule has 1 amide bonds.